The van der Waals surface area contributed by atoms with Gasteiger partial charge in [0.25, 0.3) is 0 Å². The zero-order valence-electron chi connectivity index (χ0n) is 13.8. The number of hydrogen-bond donors (Lipinski definition) is 1. The van der Waals surface area contributed by atoms with E-state index in [1.165, 1.54) is 0 Å². The van der Waals surface area contributed by atoms with E-state index >= 15 is 0 Å². The number of rotatable bonds is 7. The Hall–Kier alpha value is -2.11. The highest BCUT2D eigenvalue weighted by Gasteiger charge is 2.19. The molecule has 1 unspecified atom stereocenters. The summed E-state index contributed by atoms with van der Waals surface area (Å²) < 4.78 is 3.72. The molecule has 6 heteroatoms. The summed E-state index contributed by atoms with van der Waals surface area (Å²) >= 11 is 0. The van der Waals surface area contributed by atoms with Crippen LogP contribution in [0.4, 0.5) is 0 Å². The van der Waals surface area contributed by atoms with Crippen LogP contribution < -0.4 is 5.32 Å². The first-order valence-corrected chi connectivity index (χ1v) is 7.88. The van der Waals surface area contributed by atoms with E-state index < -0.39 is 0 Å². The lowest BCUT2D eigenvalue weighted by atomic mass is 10.1. The second kappa shape index (κ2) is 7.24. The molecule has 0 fully saturated rings. The van der Waals surface area contributed by atoms with Gasteiger partial charge in [-0.3, -0.25) is 14.2 Å². The Morgan fingerprint density at radius 1 is 1.36 bits per heavy atom. The van der Waals surface area contributed by atoms with Gasteiger partial charge < -0.3 is 5.32 Å². The summed E-state index contributed by atoms with van der Waals surface area (Å²) in [5, 5.41) is 11.7. The number of aryl methyl sites for hydroxylation is 2. The summed E-state index contributed by atoms with van der Waals surface area (Å²) in [6, 6.07) is 1.57. The van der Waals surface area contributed by atoms with Crippen molar-refractivity contribution in [1.82, 2.24) is 24.9 Å². The fourth-order valence-corrected chi connectivity index (χ4v) is 2.67. The van der Waals surface area contributed by atoms with Gasteiger partial charge in [0, 0.05) is 36.7 Å². The predicted molar refractivity (Wildman–Crippen MR) is 85.4 cm³/mol. The minimum absolute atomic E-state index is 0.00626. The molecule has 0 aliphatic heterocycles. The number of aromatic nitrogens is 4. The lowest BCUT2D eigenvalue weighted by molar-refractivity contribution is -0.124. The first-order valence-electron chi connectivity index (χ1n) is 7.88. The molecule has 0 saturated carbocycles. The van der Waals surface area contributed by atoms with Crippen LogP contribution in [-0.2, 0) is 17.9 Å². The maximum atomic E-state index is 12.4. The van der Waals surface area contributed by atoms with E-state index in [9.17, 15) is 4.79 Å². The average Bonchev–Trinajstić information content (AvgIpc) is 3.09. The number of hydrogen-bond acceptors (Lipinski definition) is 3. The van der Waals surface area contributed by atoms with Gasteiger partial charge in [-0.05, 0) is 32.8 Å². The van der Waals surface area contributed by atoms with Crippen molar-refractivity contribution in [3.05, 3.63) is 35.4 Å². The van der Waals surface area contributed by atoms with Crippen LogP contribution in [0.1, 0.15) is 49.7 Å². The largest absolute Gasteiger partial charge is 0.350 e. The summed E-state index contributed by atoms with van der Waals surface area (Å²) in [5.74, 6) is -0.00626. The van der Waals surface area contributed by atoms with E-state index in [0.29, 0.717) is 13.0 Å². The van der Waals surface area contributed by atoms with Gasteiger partial charge in [-0.1, -0.05) is 13.8 Å². The molecule has 22 heavy (non-hydrogen) atoms. The van der Waals surface area contributed by atoms with Crippen LogP contribution in [0, 0.1) is 13.8 Å². The van der Waals surface area contributed by atoms with Crippen LogP contribution in [0.5, 0.6) is 0 Å². The van der Waals surface area contributed by atoms with Crippen LogP contribution in [0.15, 0.2) is 18.5 Å². The van der Waals surface area contributed by atoms with Crippen LogP contribution in [0.25, 0.3) is 0 Å². The molecule has 1 amide bonds. The molecule has 2 rings (SSSR count). The third-order valence-corrected chi connectivity index (χ3v) is 3.94. The molecule has 2 aromatic rings. The Kier molecular flexibility index (Phi) is 5.35. The summed E-state index contributed by atoms with van der Waals surface area (Å²) in [5.41, 5.74) is 3.22. The maximum Gasteiger partial charge on any atom is 0.245 e. The van der Waals surface area contributed by atoms with E-state index in [0.717, 1.165) is 29.9 Å². The molecule has 0 aromatic carbocycles. The molecule has 120 valence electrons. The number of nitrogens with one attached hydrogen (secondary N) is 1. The van der Waals surface area contributed by atoms with E-state index in [-0.39, 0.29) is 11.9 Å². The molecule has 0 aliphatic carbocycles. The first-order chi connectivity index (χ1) is 10.6. The second-order valence-corrected chi connectivity index (χ2v) is 5.50. The van der Waals surface area contributed by atoms with Crippen LogP contribution in [0.3, 0.4) is 0 Å². The van der Waals surface area contributed by atoms with E-state index in [2.05, 4.69) is 29.4 Å². The Morgan fingerprint density at radius 3 is 2.73 bits per heavy atom. The monoisotopic (exact) mass is 303 g/mol. The van der Waals surface area contributed by atoms with Gasteiger partial charge in [-0.25, -0.2) is 0 Å². The van der Waals surface area contributed by atoms with Gasteiger partial charge in [-0.15, -0.1) is 0 Å². The van der Waals surface area contributed by atoms with E-state index in [4.69, 9.17) is 0 Å². The van der Waals surface area contributed by atoms with Crippen molar-refractivity contribution in [1.29, 1.82) is 0 Å². The normalized spacial score (nSPS) is 12.4. The Morgan fingerprint density at radius 2 is 2.14 bits per heavy atom. The van der Waals surface area contributed by atoms with Crippen LogP contribution in [-0.4, -0.2) is 25.5 Å². The topological polar surface area (TPSA) is 64.7 Å². The molecule has 0 spiro atoms. The minimum Gasteiger partial charge on any atom is -0.350 e. The summed E-state index contributed by atoms with van der Waals surface area (Å²) in [4.78, 5) is 12.4. The molecule has 1 atom stereocenters. The van der Waals surface area contributed by atoms with Crippen molar-refractivity contribution in [2.45, 2.75) is 59.7 Å². The zero-order chi connectivity index (χ0) is 16.1. The van der Waals surface area contributed by atoms with Gasteiger partial charge in [0.2, 0.25) is 5.91 Å². The Labute approximate surface area is 131 Å². The molecule has 0 bridgehead atoms. The van der Waals surface area contributed by atoms with E-state index in [1.54, 1.807) is 10.9 Å². The minimum atomic E-state index is -0.263. The van der Waals surface area contributed by atoms with Crippen molar-refractivity contribution in [3.8, 4) is 0 Å². The van der Waals surface area contributed by atoms with Crippen molar-refractivity contribution in [3.63, 3.8) is 0 Å². The maximum absolute atomic E-state index is 12.4. The summed E-state index contributed by atoms with van der Waals surface area (Å²) in [6.45, 7) is 9.59. The van der Waals surface area contributed by atoms with E-state index in [1.807, 2.05) is 30.8 Å². The SMILES string of the molecule is CCCn1nc(C)c(CNC(=O)C(CC)n2cccn2)c1C. The molecule has 0 radical (unpaired) electrons. The van der Waals surface area contributed by atoms with Gasteiger partial charge in [0.15, 0.2) is 0 Å². The molecule has 0 saturated heterocycles. The molecule has 2 heterocycles. The smallest absolute Gasteiger partial charge is 0.245 e. The predicted octanol–water partition coefficient (Wildman–Crippen LogP) is 2.37. The van der Waals surface area contributed by atoms with Crippen LogP contribution >= 0.6 is 0 Å². The Balaban J connectivity index is 2.05. The fraction of sp³-hybridized carbons (Fsp3) is 0.562. The number of carbonyl (C=O) groups is 1. The Bertz CT molecular complexity index is 615. The second-order valence-electron chi connectivity index (χ2n) is 5.50. The summed E-state index contributed by atoms with van der Waals surface area (Å²) in [6.07, 6.45) is 5.27. The lowest BCUT2D eigenvalue weighted by Crippen LogP contribution is -2.32. The molecule has 1 N–H and O–H groups in total. The average molecular weight is 303 g/mol. The summed E-state index contributed by atoms with van der Waals surface area (Å²) in [7, 11) is 0. The highest BCUT2D eigenvalue weighted by molar-refractivity contribution is 5.80. The van der Waals surface area contributed by atoms with Crippen molar-refractivity contribution in [2.24, 2.45) is 0 Å². The number of carbonyl (C=O) groups excluding carboxylic acids is 1. The van der Waals surface area contributed by atoms with Gasteiger partial charge in [0.05, 0.1) is 5.69 Å². The molecule has 6 nitrogen and oxygen atoms in total. The molecule has 2 aromatic heterocycles. The van der Waals surface area contributed by atoms with Crippen molar-refractivity contribution < 1.29 is 4.79 Å². The highest BCUT2D eigenvalue weighted by atomic mass is 16.2. The van der Waals surface area contributed by atoms with Crippen molar-refractivity contribution >= 4 is 5.91 Å². The van der Waals surface area contributed by atoms with Crippen molar-refractivity contribution in [2.75, 3.05) is 0 Å². The molecule has 0 aliphatic rings. The standard InChI is InChI=1S/C16H25N5O/c1-5-9-20-13(4)14(12(3)19-20)11-17-16(22)15(6-2)21-10-7-8-18-21/h7-8,10,15H,5-6,9,11H2,1-4H3,(H,17,22). The van der Waals surface area contributed by atoms with Gasteiger partial charge in [0.1, 0.15) is 6.04 Å². The molecular weight excluding hydrogens is 278 g/mol. The third kappa shape index (κ3) is 3.37. The first kappa shape index (κ1) is 16.3. The quantitative estimate of drug-likeness (QED) is 0.854. The fourth-order valence-electron chi connectivity index (χ4n) is 2.67. The van der Waals surface area contributed by atoms with Gasteiger partial charge >= 0.3 is 0 Å². The highest BCUT2D eigenvalue weighted by Crippen LogP contribution is 2.15. The number of amides is 1. The van der Waals surface area contributed by atoms with Gasteiger partial charge in [-0.2, -0.15) is 10.2 Å². The third-order valence-electron chi connectivity index (χ3n) is 3.94. The van der Waals surface area contributed by atoms with Crippen LogP contribution in [0.2, 0.25) is 0 Å². The molecular formula is C16H25N5O. The zero-order valence-corrected chi connectivity index (χ0v) is 13.8. The lowest BCUT2D eigenvalue weighted by Gasteiger charge is -2.15. The number of nitrogens with zero attached hydrogens (tertiary/aromatic N) is 4.